The number of hydrogen-bond donors (Lipinski definition) is 1. The number of pyridine rings is 1. The van der Waals surface area contributed by atoms with E-state index in [1.54, 1.807) is 0 Å². The van der Waals surface area contributed by atoms with Crippen LogP contribution in [0.5, 0.6) is 0 Å². The molecule has 3 aliphatic rings. The molecule has 0 atom stereocenters. The molecule has 0 bridgehead atoms. The van der Waals surface area contributed by atoms with Gasteiger partial charge in [-0.1, -0.05) is 18.2 Å². The molecule has 2 aliphatic carbocycles. The lowest BCUT2D eigenvalue weighted by molar-refractivity contribution is 0.207. The first kappa shape index (κ1) is 19.3. The number of fused-ring (bicyclic) bond motifs is 6. The SMILES string of the molecule is CN1CCN(C2=CCc3ccc(-c4nc5ccc6[nH]ncc6c5c5c4CCCC5)cc32)CC1. The number of rotatable bonds is 2. The maximum absolute atomic E-state index is 5.28. The molecule has 1 N–H and O–H groups in total. The van der Waals surface area contributed by atoms with E-state index in [9.17, 15) is 0 Å². The molecule has 1 aliphatic heterocycles. The van der Waals surface area contributed by atoms with Crippen molar-refractivity contribution >= 4 is 27.5 Å². The highest BCUT2D eigenvalue weighted by atomic mass is 15.3. The fourth-order valence-electron chi connectivity index (χ4n) is 6.09. The van der Waals surface area contributed by atoms with Crippen LogP contribution in [0.4, 0.5) is 0 Å². The van der Waals surface area contributed by atoms with Gasteiger partial charge in [0.1, 0.15) is 0 Å². The van der Waals surface area contributed by atoms with Gasteiger partial charge >= 0.3 is 0 Å². The predicted octanol–water partition coefficient (Wildman–Crippen LogP) is 4.80. The lowest BCUT2D eigenvalue weighted by Gasteiger charge is -2.35. The largest absolute Gasteiger partial charge is 0.369 e. The van der Waals surface area contributed by atoms with Gasteiger partial charge in [0.05, 0.1) is 22.9 Å². The summed E-state index contributed by atoms with van der Waals surface area (Å²) in [6.07, 6.45) is 10.2. The Balaban J connectivity index is 1.37. The number of hydrogen-bond acceptors (Lipinski definition) is 4. The average molecular weight is 436 g/mol. The first-order valence-corrected chi connectivity index (χ1v) is 12.3. The Morgan fingerprint density at radius 3 is 2.67 bits per heavy atom. The molecule has 5 heteroatoms. The quantitative estimate of drug-likeness (QED) is 0.491. The van der Waals surface area contributed by atoms with Crippen LogP contribution >= 0.6 is 0 Å². The third-order valence-corrected chi connectivity index (χ3v) is 7.91. The Labute approximate surface area is 194 Å². The summed E-state index contributed by atoms with van der Waals surface area (Å²) in [7, 11) is 2.22. The first-order chi connectivity index (χ1) is 16.3. The standard InChI is InChI=1S/C28H29N5/c1-32-12-14-33(15-13-32)26-11-8-18-6-7-19(16-22(18)26)28-21-5-3-2-4-20(21)27-23-17-29-31-24(23)9-10-25(27)30-28/h6-7,9-11,16-17H,2-5,8,12-15H2,1H3,(H,29,31). The zero-order valence-corrected chi connectivity index (χ0v) is 19.2. The van der Waals surface area contributed by atoms with Crippen molar-refractivity contribution in [2.24, 2.45) is 0 Å². The second kappa shape index (κ2) is 7.42. The summed E-state index contributed by atoms with van der Waals surface area (Å²) in [5.41, 5.74) is 11.9. The van der Waals surface area contributed by atoms with Crippen molar-refractivity contribution in [1.29, 1.82) is 0 Å². The van der Waals surface area contributed by atoms with Gasteiger partial charge in [0.25, 0.3) is 0 Å². The van der Waals surface area contributed by atoms with E-state index >= 15 is 0 Å². The second-order valence-electron chi connectivity index (χ2n) is 9.87. The summed E-state index contributed by atoms with van der Waals surface area (Å²) < 4.78 is 0. The molecular weight excluding hydrogens is 406 g/mol. The lowest BCUT2D eigenvalue weighted by atomic mass is 9.85. The Hall–Kier alpha value is -3.18. The van der Waals surface area contributed by atoms with Crippen LogP contribution in [-0.2, 0) is 19.3 Å². The average Bonchev–Trinajstić information content (AvgIpc) is 3.50. The van der Waals surface area contributed by atoms with E-state index in [0.29, 0.717) is 0 Å². The van der Waals surface area contributed by atoms with Crippen LogP contribution in [0.25, 0.3) is 38.8 Å². The minimum Gasteiger partial charge on any atom is -0.369 e. The minimum absolute atomic E-state index is 1.04. The molecule has 0 spiro atoms. The molecule has 0 amide bonds. The molecule has 4 aromatic rings. The summed E-state index contributed by atoms with van der Waals surface area (Å²) in [6.45, 7) is 4.48. The smallest absolute Gasteiger partial charge is 0.0744 e. The molecule has 2 aromatic heterocycles. The summed E-state index contributed by atoms with van der Waals surface area (Å²) in [4.78, 5) is 10.3. The van der Waals surface area contributed by atoms with Gasteiger partial charge in [0.15, 0.2) is 0 Å². The Morgan fingerprint density at radius 1 is 0.939 bits per heavy atom. The van der Waals surface area contributed by atoms with Crippen molar-refractivity contribution in [3.63, 3.8) is 0 Å². The van der Waals surface area contributed by atoms with E-state index in [2.05, 4.69) is 63.5 Å². The summed E-state index contributed by atoms with van der Waals surface area (Å²) >= 11 is 0. The molecule has 0 unspecified atom stereocenters. The zero-order chi connectivity index (χ0) is 21.9. The predicted molar refractivity (Wildman–Crippen MR) is 134 cm³/mol. The number of aromatic amines is 1. The molecule has 7 rings (SSSR count). The van der Waals surface area contributed by atoms with Crippen molar-refractivity contribution in [2.45, 2.75) is 32.1 Å². The topological polar surface area (TPSA) is 48.0 Å². The van der Waals surface area contributed by atoms with Gasteiger partial charge in [-0.3, -0.25) is 5.10 Å². The van der Waals surface area contributed by atoms with Crippen molar-refractivity contribution in [3.05, 3.63) is 64.9 Å². The molecule has 2 aromatic carbocycles. The highest BCUT2D eigenvalue weighted by Crippen LogP contribution is 2.40. The third-order valence-electron chi connectivity index (χ3n) is 7.91. The van der Waals surface area contributed by atoms with Gasteiger partial charge < -0.3 is 9.80 Å². The van der Waals surface area contributed by atoms with Crippen molar-refractivity contribution in [2.75, 3.05) is 33.2 Å². The molecule has 5 nitrogen and oxygen atoms in total. The summed E-state index contributed by atoms with van der Waals surface area (Å²) in [5, 5.41) is 9.96. The zero-order valence-electron chi connectivity index (χ0n) is 19.2. The maximum atomic E-state index is 5.28. The number of allylic oxidation sites excluding steroid dienone is 1. The number of aromatic nitrogens is 3. The lowest BCUT2D eigenvalue weighted by Crippen LogP contribution is -2.43. The second-order valence-corrected chi connectivity index (χ2v) is 9.87. The Kier molecular flexibility index (Phi) is 4.34. The number of piperazine rings is 1. The molecule has 166 valence electrons. The van der Waals surface area contributed by atoms with Gasteiger partial charge in [-0.25, -0.2) is 4.98 Å². The van der Waals surface area contributed by atoms with Crippen LogP contribution in [0.1, 0.15) is 35.1 Å². The molecule has 1 saturated heterocycles. The van der Waals surface area contributed by atoms with Gasteiger partial charge in [-0.15, -0.1) is 0 Å². The normalized spacial score (nSPS) is 18.6. The number of aryl methyl sites for hydroxylation is 1. The van der Waals surface area contributed by atoms with Crippen LogP contribution in [-0.4, -0.2) is 58.2 Å². The van der Waals surface area contributed by atoms with E-state index in [1.807, 2.05) is 6.20 Å². The summed E-state index contributed by atoms with van der Waals surface area (Å²) in [5.74, 6) is 0. The van der Waals surface area contributed by atoms with E-state index in [0.717, 1.165) is 56.5 Å². The molecule has 0 saturated carbocycles. The van der Waals surface area contributed by atoms with Crippen LogP contribution in [0.15, 0.2) is 42.6 Å². The highest BCUT2D eigenvalue weighted by Gasteiger charge is 2.25. The number of nitrogens with zero attached hydrogens (tertiary/aromatic N) is 4. The fraction of sp³-hybridized carbons (Fsp3) is 0.357. The van der Waals surface area contributed by atoms with Gasteiger partial charge in [-0.05, 0) is 74.0 Å². The van der Waals surface area contributed by atoms with Crippen LogP contribution in [0.3, 0.4) is 0 Å². The number of likely N-dealkylation sites (N-methyl/N-ethyl adjacent to an activating group) is 1. The van der Waals surface area contributed by atoms with Gasteiger partial charge in [0, 0.05) is 53.8 Å². The summed E-state index contributed by atoms with van der Waals surface area (Å²) in [6, 6.07) is 11.3. The van der Waals surface area contributed by atoms with E-state index < -0.39 is 0 Å². The molecule has 0 radical (unpaired) electrons. The molecule has 3 heterocycles. The van der Waals surface area contributed by atoms with E-state index in [-0.39, 0.29) is 0 Å². The highest BCUT2D eigenvalue weighted by molar-refractivity contribution is 6.07. The third kappa shape index (κ3) is 3.02. The Bertz CT molecular complexity index is 1420. The van der Waals surface area contributed by atoms with Crippen molar-refractivity contribution in [1.82, 2.24) is 25.0 Å². The van der Waals surface area contributed by atoms with Crippen LogP contribution < -0.4 is 0 Å². The Morgan fingerprint density at radius 2 is 1.79 bits per heavy atom. The van der Waals surface area contributed by atoms with Crippen molar-refractivity contribution < 1.29 is 0 Å². The van der Waals surface area contributed by atoms with Gasteiger partial charge in [0.2, 0.25) is 0 Å². The number of benzene rings is 2. The molecule has 1 fully saturated rings. The fourth-order valence-corrected chi connectivity index (χ4v) is 6.09. The minimum atomic E-state index is 1.04. The van der Waals surface area contributed by atoms with Crippen molar-refractivity contribution in [3.8, 4) is 11.3 Å². The number of H-pyrrole nitrogens is 1. The van der Waals surface area contributed by atoms with E-state index in [4.69, 9.17) is 4.98 Å². The van der Waals surface area contributed by atoms with E-state index in [1.165, 1.54) is 62.8 Å². The van der Waals surface area contributed by atoms with Crippen LogP contribution in [0, 0.1) is 0 Å². The number of nitrogens with one attached hydrogen (secondary N) is 1. The monoisotopic (exact) mass is 435 g/mol. The molecular formula is C28H29N5. The first-order valence-electron chi connectivity index (χ1n) is 12.3. The maximum Gasteiger partial charge on any atom is 0.0744 e. The van der Waals surface area contributed by atoms with Crippen LogP contribution in [0.2, 0.25) is 0 Å². The van der Waals surface area contributed by atoms with Gasteiger partial charge in [-0.2, -0.15) is 5.10 Å². The molecule has 33 heavy (non-hydrogen) atoms.